The van der Waals surface area contributed by atoms with Gasteiger partial charge in [-0.2, -0.15) is 0 Å². The largest absolute Gasteiger partial charge is 0.349 e. The Morgan fingerprint density at radius 2 is 1.71 bits per heavy atom. The first-order valence-electron chi connectivity index (χ1n) is 11.9. The molecule has 0 saturated carbocycles. The van der Waals surface area contributed by atoms with Gasteiger partial charge in [0.05, 0.1) is 11.4 Å². The maximum absolute atomic E-state index is 13.7. The lowest BCUT2D eigenvalue weighted by molar-refractivity contribution is -0.127. The number of hydrogen-bond donors (Lipinski definition) is 2. The number of carbonyl (C=O) groups is 3. The van der Waals surface area contributed by atoms with E-state index in [-0.39, 0.29) is 24.3 Å². The number of aryl methyl sites for hydroxylation is 2. The van der Waals surface area contributed by atoms with E-state index in [9.17, 15) is 14.4 Å². The molecule has 1 aromatic heterocycles. The molecule has 0 bridgehead atoms. The molecule has 0 saturated heterocycles. The zero-order chi connectivity index (χ0) is 25.0. The van der Waals surface area contributed by atoms with Crippen LogP contribution >= 0.6 is 11.3 Å². The number of hydrogen-bond acceptors (Lipinski definition) is 4. The van der Waals surface area contributed by atoms with Crippen LogP contribution in [0.4, 0.5) is 5.69 Å². The normalized spacial score (nSPS) is 13.6. The van der Waals surface area contributed by atoms with Crippen molar-refractivity contribution in [2.24, 2.45) is 0 Å². The summed E-state index contributed by atoms with van der Waals surface area (Å²) in [6, 6.07) is 17.9. The van der Waals surface area contributed by atoms with Gasteiger partial charge in [0, 0.05) is 11.2 Å². The number of amides is 3. The third-order valence-corrected chi connectivity index (χ3v) is 6.76. The van der Waals surface area contributed by atoms with Gasteiger partial charge in [-0.05, 0) is 80.3 Å². The summed E-state index contributed by atoms with van der Waals surface area (Å²) in [5.41, 5.74) is 3.35. The van der Waals surface area contributed by atoms with Gasteiger partial charge in [0.15, 0.2) is 0 Å². The number of nitrogens with zero attached hydrogens (tertiary/aromatic N) is 1. The van der Waals surface area contributed by atoms with Gasteiger partial charge in [-0.15, -0.1) is 11.3 Å². The van der Waals surface area contributed by atoms with Crippen LogP contribution in [0.5, 0.6) is 0 Å². The predicted molar refractivity (Wildman–Crippen MR) is 140 cm³/mol. The van der Waals surface area contributed by atoms with Crippen LogP contribution in [0.3, 0.4) is 0 Å². The quantitative estimate of drug-likeness (QED) is 0.507. The standard InChI is InChI=1S/C28H31N3O3S/c1-28(2,3)30-27(34)25(20-9-5-4-6-10-20)31(22-15-14-19-11-7-12-21(19)17-22)24(32)18-29-26(33)23-13-8-16-35-23/h4-6,8-10,13-17,25H,7,11-12,18H2,1-3H3,(H,29,33)(H,30,34)/t25-/m0/s1. The first-order valence-corrected chi connectivity index (χ1v) is 12.7. The monoisotopic (exact) mass is 489 g/mol. The second kappa shape index (κ2) is 10.4. The molecular weight excluding hydrogens is 458 g/mol. The second-order valence-electron chi connectivity index (χ2n) is 9.78. The molecule has 182 valence electrons. The minimum atomic E-state index is -0.888. The van der Waals surface area contributed by atoms with Crippen LogP contribution in [-0.4, -0.2) is 29.8 Å². The van der Waals surface area contributed by atoms with E-state index in [1.54, 1.807) is 12.1 Å². The van der Waals surface area contributed by atoms with Crippen molar-refractivity contribution in [1.29, 1.82) is 0 Å². The fraction of sp³-hybridized carbons (Fsp3) is 0.321. The highest BCUT2D eigenvalue weighted by Gasteiger charge is 2.35. The van der Waals surface area contributed by atoms with E-state index < -0.39 is 11.6 Å². The molecule has 3 amide bonds. The number of benzene rings is 2. The molecule has 0 unspecified atom stereocenters. The van der Waals surface area contributed by atoms with Gasteiger partial charge in [-0.3, -0.25) is 19.3 Å². The van der Waals surface area contributed by atoms with E-state index in [4.69, 9.17) is 0 Å². The Balaban J connectivity index is 1.72. The minimum absolute atomic E-state index is 0.222. The summed E-state index contributed by atoms with van der Waals surface area (Å²) in [4.78, 5) is 42.0. The van der Waals surface area contributed by atoms with Gasteiger partial charge in [0.1, 0.15) is 6.04 Å². The Kier molecular flexibility index (Phi) is 7.36. The molecule has 2 N–H and O–H groups in total. The van der Waals surface area contributed by atoms with Crippen molar-refractivity contribution >= 4 is 34.7 Å². The van der Waals surface area contributed by atoms with E-state index in [0.717, 1.165) is 19.3 Å². The fourth-order valence-corrected chi connectivity index (χ4v) is 5.01. The third kappa shape index (κ3) is 5.98. The maximum Gasteiger partial charge on any atom is 0.261 e. The molecule has 0 spiro atoms. The summed E-state index contributed by atoms with van der Waals surface area (Å²) in [5.74, 6) is -0.939. The maximum atomic E-state index is 13.7. The predicted octanol–water partition coefficient (Wildman–Crippen LogP) is 4.66. The Labute approximate surface area is 210 Å². The smallest absolute Gasteiger partial charge is 0.261 e. The number of carbonyl (C=O) groups excluding carboxylic acids is 3. The minimum Gasteiger partial charge on any atom is -0.349 e. The molecule has 3 aromatic rings. The average Bonchev–Trinajstić information content (AvgIpc) is 3.52. The molecule has 1 aliphatic rings. The van der Waals surface area contributed by atoms with Gasteiger partial charge in [0.25, 0.3) is 5.91 Å². The molecule has 1 aliphatic carbocycles. The summed E-state index contributed by atoms with van der Waals surface area (Å²) < 4.78 is 0. The molecule has 0 radical (unpaired) electrons. The average molecular weight is 490 g/mol. The Morgan fingerprint density at radius 1 is 0.971 bits per heavy atom. The Hall–Kier alpha value is -3.45. The third-order valence-electron chi connectivity index (χ3n) is 5.89. The summed E-state index contributed by atoms with van der Waals surface area (Å²) >= 11 is 1.31. The van der Waals surface area contributed by atoms with Crippen LogP contribution in [0.1, 0.15) is 59.6 Å². The lowest BCUT2D eigenvalue weighted by Gasteiger charge is -2.34. The van der Waals surface area contributed by atoms with E-state index in [1.807, 2.05) is 74.7 Å². The van der Waals surface area contributed by atoms with E-state index in [0.29, 0.717) is 16.1 Å². The van der Waals surface area contributed by atoms with Gasteiger partial charge in [-0.25, -0.2) is 0 Å². The molecule has 1 atom stereocenters. The number of rotatable bonds is 7. The molecule has 1 heterocycles. The summed E-state index contributed by atoms with van der Waals surface area (Å²) in [7, 11) is 0. The SMILES string of the molecule is CC(C)(C)NC(=O)[C@H](c1ccccc1)N(C(=O)CNC(=O)c1cccs1)c1ccc2c(c1)CCC2. The highest BCUT2D eigenvalue weighted by atomic mass is 32.1. The van der Waals surface area contributed by atoms with Crippen molar-refractivity contribution < 1.29 is 14.4 Å². The molecule has 2 aromatic carbocycles. The van der Waals surface area contributed by atoms with Crippen LogP contribution in [0.25, 0.3) is 0 Å². The second-order valence-corrected chi connectivity index (χ2v) is 10.7. The van der Waals surface area contributed by atoms with E-state index >= 15 is 0 Å². The Bertz CT molecular complexity index is 1200. The van der Waals surface area contributed by atoms with E-state index in [1.165, 1.54) is 27.4 Å². The summed E-state index contributed by atoms with van der Waals surface area (Å²) in [6.45, 7) is 5.52. The van der Waals surface area contributed by atoms with Crippen molar-refractivity contribution in [1.82, 2.24) is 10.6 Å². The van der Waals surface area contributed by atoms with Crippen molar-refractivity contribution in [2.45, 2.75) is 51.6 Å². The van der Waals surface area contributed by atoms with Crippen molar-refractivity contribution in [2.75, 3.05) is 11.4 Å². The highest BCUT2D eigenvalue weighted by Crippen LogP contribution is 2.32. The Morgan fingerprint density at radius 3 is 2.40 bits per heavy atom. The van der Waals surface area contributed by atoms with Gasteiger partial charge < -0.3 is 10.6 Å². The molecular formula is C28H31N3O3S. The van der Waals surface area contributed by atoms with E-state index in [2.05, 4.69) is 10.6 Å². The molecule has 6 nitrogen and oxygen atoms in total. The topological polar surface area (TPSA) is 78.5 Å². The zero-order valence-electron chi connectivity index (χ0n) is 20.3. The van der Waals surface area contributed by atoms with Gasteiger partial charge in [0.2, 0.25) is 11.8 Å². The van der Waals surface area contributed by atoms with Crippen LogP contribution < -0.4 is 15.5 Å². The lowest BCUT2D eigenvalue weighted by atomic mass is 10.00. The van der Waals surface area contributed by atoms with Crippen molar-refractivity contribution in [3.63, 3.8) is 0 Å². The first kappa shape index (κ1) is 24.7. The van der Waals surface area contributed by atoms with Gasteiger partial charge in [-0.1, -0.05) is 42.5 Å². The van der Waals surface area contributed by atoms with Crippen molar-refractivity contribution in [3.8, 4) is 0 Å². The molecule has 7 heteroatoms. The van der Waals surface area contributed by atoms with Crippen LogP contribution in [0, 0.1) is 0 Å². The first-order chi connectivity index (χ1) is 16.7. The van der Waals surface area contributed by atoms with Crippen LogP contribution in [-0.2, 0) is 22.4 Å². The number of nitrogens with one attached hydrogen (secondary N) is 2. The molecule has 0 fully saturated rings. The number of fused-ring (bicyclic) bond motifs is 1. The van der Waals surface area contributed by atoms with Crippen molar-refractivity contribution in [3.05, 3.63) is 87.6 Å². The summed E-state index contributed by atoms with van der Waals surface area (Å²) in [6.07, 6.45) is 3.05. The highest BCUT2D eigenvalue weighted by molar-refractivity contribution is 7.12. The zero-order valence-corrected chi connectivity index (χ0v) is 21.2. The molecule has 4 rings (SSSR count). The molecule has 0 aliphatic heterocycles. The fourth-order valence-electron chi connectivity index (χ4n) is 4.37. The van der Waals surface area contributed by atoms with Crippen LogP contribution in [0.15, 0.2) is 66.0 Å². The number of anilines is 1. The summed E-state index contributed by atoms with van der Waals surface area (Å²) in [5, 5.41) is 7.59. The molecule has 35 heavy (non-hydrogen) atoms. The number of thiophene rings is 1. The van der Waals surface area contributed by atoms with Crippen LogP contribution in [0.2, 0.25) is 0 Å². The lowest BCUT2D eigenvalue weighted by Crippen LogP contribution is -2.51. The van der Waals surface area contributed by atoms with Gasteiger partial charge >= 0.3 is 0 Å².